The second-order valence-corrected chi connectivity index (χ2v) is 9.28. The minimum absolute atomic E-state index is 0.169. The molecule has 0 aliphatic rings. The van der Waals surface area contributed by atoms with Gasteiger partial charge >= 0.3 is 146 Å². The van der Waals surface area contributed by atoms with E-state index >= 15 is 0 Å². The van der Waals surface area contributed by atoms with Crippen molar-refractivity contribution in [1.82, 2.24) is 0 Å². The van der Waals surface area contributed by atoms with Gasteiger partial charge in [0, 0.05) is 0 Å². The Labute approximate surface area is 146 Å². The zero-order valence-electron chi connectivity index (χ0n) is 13.5. The normalized spacial score (nSPS) is 14.9. The summed E-state index contributed by atoms with van der Waals surface area (Å²) in [7, 11) is 0. The Morgan fingerprint density at radius 2 is 1.08 bits per heavy atom. The first-order valence-electron chi connectivity index (χ1n) is 7.84. The van der Waals surface area contributed by atoms with E-state index in [0.29, 0.717) is 23.5 Å². The molecule has 0 radical (unpaired) electrons. The molecule has 0 spiro atoms. The van der Waals surface area contributed by atoms with E-state index in [0.717, 1.165) is 11.1 Å². The molecule has 2 atom stereocenters. The van der Waals surface area contributed by atoms with Gasteiger partial charge in [-0.05, 0) is 0 Å². The summed E-state index contributed by atoms with van der Waals surface area (Å²) in [5, 5.41) is 19.5. The number of nitrogens with two attached hydrogens (primary N) is 2. The van der Waals surface area contributed by atoms with E-state index in [9.17, 15) is 14.0 Å². The molecule has 0 aliphatic heterocycles. The van der Waals surface area contributed by atoms with E-state index in [2.05, 4.69) is 0 Å². The van der Waals surface area contributed by atoms with Gasteiger partial charge in [-0.1, -0.05) is 0 Å². The summed E-state index contributed by atoms with van der Waals surface area (Å²) in [6.45, 7) is 0. The van der Waals surface area contributed by atoms with Gasteiger partial charge in [-0.15, -0.1) is 0 Å². The Balaban J connectivity index is 1.76. The molecule has 5 nitrogen and oxygen atoms in total. The third-order valence-electron chi connectivity index (χ3n) is 3.67. The molecule has 0 aliphatic carbocycles. The van der Waals surface area contributed by atoms with Crippen molar-refractivity contribution >= 4 is 13.8 Å². The monoisotopic (exact) mass is 396 g/mol. The van der Waals surface area contributed by atoms with Crippen molar-refractivity contribution in [2.24, 2.45) is 11.5 Å². The molecule has 6 heteroatoms. The molecule has 0 heterocycles. The maximum absolute atomic E-state index is 12.3. The van der Waals surface area contributed by atoms with Crippen molar-refractivity contribution in [2.45, 2.75) is 35.6 Å². The van der Waals surface area contributed by atoms with Gasteiger partial charge in [0.25, 0.3) is 0 Å². The number of rotatable bonds is 8. The molecule has 0 saturated heterocycles. The van der Waals surface area contributed by atoms with E-state index in [1.54, 1.807) is 24.3 Å². The van der Waals surface area contributed by atoms with E-state index in [4.69, 9.17) is 11.5 Å². The zero-order chi connectivity index (χ0) is 17.5. The SMILES string of the molecule is NC(Cc1ccc(O)cc1)C[Se](=O)CC(N)Cc1ccc(O)cc1. The Morgan fingerprint density at radius 1 is 0.750 bits per heavy atom. The molecule has 0 aromatic heterocycles. The fourth-order valence-corrected chi connectivity index (χ4v) is 5.32. The molecule has 2 aromatic rings. The maximum atomic E-state index is 12.3. The summed E-state index contributed by atoms with van der Waals surface area (Å²) in [6, 6.07) is 13.5. The fourth-order valence-electron chi connectivity index (χ4n) is 2.53. The molecule has 2 unspecified atom stereocenters. The van der Waals surface area contributed by atoms with Gasteiger partial charge in [0.05, 0.1) is 0 Å². The van der Waals surface area contributed by atoms with Crippen LogP contribution in [-0.2, 0) is 16.7 Å². The molecule has 0 bridgehead atoms. The third-order valence-corrected chi connectivity index (χ3v) is 7.03. The van der Waals surface area contributed by atoms with Crippen LogP contribution in [0.1, 0.15) is 11.1 Å². The van der Waals surface area contributed by atoms with Crippen LogP contribution in [0.15, 0.2) is 48.5 Å². The first-order chi connectivity index (χ1) is 11.4. The number of benzene rings is 2. The van der Waals surface area contributed by atoms with Gasteiger partial charge in [0.2, 0.25) is 0 Å². The molecule has 0 fully saturated rings. The summed E-state index contributed by atoms with van der Waals surface area (Å²) < 4.78 is 12.3. The van der Waals surface area contributed by atoms with E-state index in [1.165, 1.54) is 0 Å². The first kappa shape index (κ1) is 18.6. The van der Waals surface area contributed by atoms with Crippen LogP contribution in [0.3, 0.4) is 0 Å². The van der Waals surface area contributed by atoms with E-state index in [1.807, 2.05) is 24.3 Å². The molecule has 6 N–H and O–H groups in total. The van der Waals surface area contributed by atoms with Crippen molar-refractivity contribution < 1.29 is 14.0 Å². The minimum atomic E-state index is -2.08. The van der Waals surface area contributed by atoms with Crippen molar-refractivity contribution in [3.05, 3.63) is 59.7 Å². The quantitative estimate of drug-likeness (QED) is 0.511. The van der Waals surface area contributed by atoms with Crippen LogP contribution in [0.5, 0.6) is 11.5 Å². The van der Waals surface area contributed by atoms with Crippen LogP contribution in [0, 0.1) is 0 Å². The predicted molar refractivity (Wildman–Crippen MR) is 95.6 cm³/mol. The van der Waals surface area contributed by atoms with E-state index < -0.39 is 13.8 Å². The van der Waals surface area contributed by atoms with Crippen LogP contribution in [-0.4, -0.2) is 36.1 Å². The van der Waals surface area contributed by atoms with Crippen LogP contribution in [0.2, 0.25) is 10.6 Å². The number of phenolic OH excluding ortho intramolecular Hbond substituents is 2. The van der Waals surface area contributed by atoms with Crippen LogP contribution >= 0.6 is 0 Å². The summed E-state index contributed by atoms with van der Waals surface area (Å²) in [5.41, 5.74) is 14.2. The van der Waals surface area contributed by atoms with Crippen molar-refractivity contribution in [2.75, 3.05) is 0 Å². The summed E-state index contributed by atoms with van der Waals surface area (Å²) in [5.74, 6) is 0.449. The topological polar surface area (TPSA) is 110 Å². The molecule has 130 valence electrons. The summed E-state index contributed by atoms with van der Waals surface area (Å²) >= 11 is -2.08. The van der Waals surface area contributed by atoms with Crippen molar-refractivity contribution in [3.8, 4) is 11.5 Å². The Hall–Kier alpha value is -1.72. The third kappa shape index (κ3) is 6.41. The number of aromatic hydroxyl groups is 2. The van der Waals surface area contributed by atoms with Gasteiger partial charge in [0.15, 0.2) is 0 Å². The average Bonchev–Trinajstić information content (AvgIpc) is 2.51. The molecule has 2 rings (SSSR count). The van der Waals surface area contributed by atoms with Crippen LogP contribution in [0.25, 0.3) is 0 Å². The predicted octanol–water partition coefficient (Wildman–Crippen LogP) is 1.96. The summed E-state index contributed by atoms with van der Waals surface area (Å²) in [6.07, 6.45) is 1.27. The van der Waals surface area contributed by atoms with E-state index in [-0.39, 0.29) is 23.6 Å². The zero-order valence-corrected chi connectivity index (χ0v) is 15.2. The summed E-state index contributed by atoms with van der Waals surface area (Å²) in [4.78, 5) is 0. The number of phenols is 2. The van der Waals surface area contributed by atoms with Crippen molar-refractivity contribution in [1.29, 1.82) is 0 Å². The van der Waals surface area contributed by atoms with Gasteiger partial charge in [-0.2, -0.15) is 0 Å². The fraction of sp³-hybridized carbons (Fsp3) is 0.333. The second kappa shape index (κ2) is 8.94. The van der Waals surface area contributed by atoms with Gasteiger partial charge in [-0.3, -0.25) is 0 Å². The average molecular weight is 395 g/mol. The van der Waals surface area contributed by atoms with Crippen LogP contribution in [0.4, 0.5) is 0 Å². The second-order valence-electron chi connectivity index (χ2n) is 6.03. The Morgan fingerprint density at radius 3 is 1.42 bits per heavy atom. The standard InChI is InChI=1S/C18H24N2O3Se/c19-15(9-13-1-5-17(21)6-2-13)11-24(23)12-16(20)10-14-3-7-18(22)8-4-14/h1-8,15-16,21-22H,9-12,19-20H2. The Bertz CT molecular complexity index is 601. The van der Waals surface area contributed by atoms with Crippen LogP contribution < -0.4 is 11.5 Å². The first-order valence-corrected chi connectivity index (χ1v) is 11.0. The molecule has 2 aromatic carbocycles. The number of hydrogen-bond donors (Lipinski definition) is 4. The van der Waals surface area contributed by atoms with Crippen molar-refractivity contribution in [3.63, 3.8) is 0 Å². The molecule has 0 amide bonds. The number of hydrogen-bond acceptors (Lipinski definition) is 5. The Kier molecular flexibility index (Phi) is 6.94. The molecule has 0 saturated carbocycles. The molecular weight excluding hydrogens is 371 g/mol. The van der Waals surface area contributed by atoms with Gasteiger partial charge in [0.1, 0.15) is 0 Å². The molecule has 24 heavy (non-hydrogen) atoms. The van der Waals surface area contributed by atoms with Gasteiger partial charge in [-0.25, -0.2) is 0 Å². The molecular formula is C18H24N2O3Se. The van der Waals surface area contributed by atoms with Gasteiger partial charge < -0.3 is 0 Å².